The zero-order valence-corrected chi connectivity index (χ0v) is 12.6. The molecule has 0 atom stereocenters. The largest absolute Gasteiger partial charge is 0.370 e. The van der Waals surface area contributed by atoms with Gasteiger partial charge in [0.15, 0.2) is 0 Å². The van der Waals surface area contributed by atoms with Crippen molar-refractivity contribution in [3.63, 3.8) is 0 Å². The quantitative estimate of drug-likeness (QED) is 0.709. The van der Waals surface area contributed by atoms with Gasteiger partial charge in [0.1, 0.15) is 17.5 Å². The lowest BCUT2D eigenvalue weighted by atomic mass is 10.2. The Morgan fingerprint density at radius 1 is 1.22 bits per heavy atom. The molecule has 102 valence electrons. The van der Waals surface area contributed by atoms with Gasteiger partial charge in [-0.05, 0) is 25.4 Å². The van der Waals surface area contributed by atoms with E-state index in [1.165, 1.54) is 5.75 Å². The van der Waals surface area contributed by atoms with Crippen molar-refractivity contribution in [2.24, 2.45) is 0 Å². The van der Waals surface area contributed by atoms with Crippen LogP contribution < -0.4 is 10.6 Å². The van der Waals surface area contributed by atoms with Crippen LogP contribution >= 0.6 is 11.8 Å². The van der Waals surface area contributed by atoms with Crippen molar-refractivity contribution in [1.82, 2.24) is 9.97 Å². The van der Waals surface area contributed by atoms with Gasteiger partial charge in [-0.3, -0.25) is 0 Å². The van der Waals surface area contributed by atoms with E-state index < -0.39 is 0 Å². The zero-order valence-electron chi connectivity index (χ0n) is 11.8. The predicted octanol–water partition coefficient (Wildman–Crippen LogP) is 3.20. The fraction of sp³-hybridized carbons (Fsp3) is 0.692. The molecule has 0 fully saturated rings. The third kappa shape index (κ3) is 5.12. The SMILES string of the molecule is CCNc1cc(NCCCSC)nc(C(C)C)n1. The number of anilines is 2. The van der Waals surface area contributed by atoms with Crippen LogP contribution in [0, 0.1) is 0 Å². The van der Waals surface area contributed by atoms with Gasteiger partial charge in [-0.2, -0.15) is 11.8 Å². The van der Waals surface area contributed by atoms with Crippen molar-refractivity contribution < 1.29 is 0 Å². The van der Waals surface area contributed by atoms with Crippen molar-refractivity contribution in [3.8, 4) is 0 Å². The standard InChI is InChI=1S/C13H24N4S/c1-5-14-11-9-12(15-7-6-8-18-4)17-13(16-11)10(2)3/h9-10H,5-8H2,1-4H3,(H2,14,15,16,17). The summed E-state index contributed by atoms with van der Waals surface area (Å²) in [7, 11) is 0. The molecular weight excluding hydrogens is 244 g/mol. The second-order valence-electron chi connectivity index (χ2n) is 4.45. The summed E-state index contributed by atoms with van der Waals surface area (Å²) in [4.78, 5) is 9.04. The molecule has 0 saturated heterocycles. The third-order valence-electron chi connectivity index (χ3n) is 2.45. The number of thioether (sulfide) groups is 1. The van der Waals surface area contributed by atoms with E-state index in [-0.39, 0.29) is 0 Å². The zero-order chi connectivity index (χ0) is 13.4. The van der Waals surface area contributed by atoms with Crippen LogP contribution in [0.5, 0.6) is 0 Å². The molecule has 5 heteroatoms. The molecule has 0 amide bonds. The van der Waals surface area contributed by atoms with Gasteiger partial charge in [0.2, 0.25) is 0 Å². The van der Waals surface area contributed by atoms with Gasteiger partial charge in [0, 0.05) is 25.1 Å². The molecule has 1 aromatic heterocycles. The van der Waals surface area contributed by atoms with E-state index in [4.69, 9.17) is 0 Å². The molecule has 0 radical (unpaired) electrons. The monoisotopic (exact) mass is 268 g/mol. The first kappa shape index (κ1) is 15.1. The Morgan fingerprint density at radius 3 is 2.44 bits per heavy atom. The molecule has 0 aliphatic heterocycles. The van der Waals surface area contributed by atoms with E-state index in [1.807, 2.05) is 17.8 Å². The molecule has 1 heterocycles. The molecule has 0 aliphatic carbocycles. The number of hydrogen-bond acceptors (Lipinski definition) is 5. The van der Waals surface area contributed by atoms with Gasteiger partial charge >= 0.3 is 0 Å². The average Bonchev–Trinajstić information content (AvgIpc) is 2.35. The van der Waals surface area contributed by atoms with Gasteiger partial charge in [-0.25, -0.2) is 9.97 Å². The Morgan fingerprint density at radius 2 is 1.89 bits per heavy atom. The van der Waals surface area contributed by atoms with Crippen molar-refractivity contribution in [3.05, 3.63) is 11.9 Å². The van der Waals surface area contributed by atoms with Crippen molar-refractivity contribution in [2.45, 2.75) is 33.1 Å². The number of nitrogens with zero attached hydrogens (tertiary/aromatic N) is 2. The minimum absolute atomic E-state index is 0.343. The summed E-state index contributed by atoms with van der Waals surface area (Å²) >= 11 is 1.87. The molecule has 18 heavy (non-hydrogen) atoms. The molecule has 0 aliphatic rings. The molecule has 0 bridgehead atoms. The van der Waals surface area contributed by atoms with Gasteiger partial charge in [0.25, 0.3) is 0 Å². The maximum absolute atomic E-state index is 4.54. The second kappa shape index (κ2) is 8.19. The summed E-state index contributed by atoms with van der Waals surface area (Å²) < 4.78 is 0. The molecule has 1 rings (SSSR count). The van der Waals surface area contributed by atoms with Crippen LogP contribution in [-0.2, 0) is 0 Å². The smallest absolute Gasteiger partial charge is 0.135 e. The highest BCUT2D eigenvalue weighted by atomic mass is 32.2. The van der Waals surface area contributed by atoms with E-state index in [0.717, 1.165) is 37.0 Å². The van der Waals surface area contributed by atoms with Crippen LogP contribution in [0.4, 0.5) is 11.6 Å². The maximum Gasteiger partial charge on any atom is 0.135 e. The molecular formula is C13H24N4S. The highest BCUT2D eigenvalue weighted by Crippen LogP contribution is 2.16. The second-order valence-corrected chi connectivity index (χ2v) is 5.44. The Kier molecular flexibility index (Phi) is 6.86. The summed E-state index contributed by atoms with van der Waals surface area (Å²) in [6.07, 6.45) is 3.28. The summed E-state index contributed by atoms with van der Waals surface area (Å²) in [6, 6.07) is 1.98. The Bertz CT molecular complexity index is 355. The van der Waals surface area contributed by atoms with Crippen LogP contribution in [-0.4, -0.2) is 35.1 Å². The topological polar surface area (TPSA) is 49.8 Å². The van der Waals surface area contributed by atoms with E-state index in [1.54, 1.807) is 0 Å². The van der Waals surface area contributed by atoms with Crippen molar-refractivity contribution >= 4 is 23.4 Å². The Labute approximate surface area is 114 Å². The molecule has 0 saturated carbocycles. The minimum Gasteiger partial charge on any atom is -0.370 e. The lowest BCUT2D eigenvalue weighted by Gasteiger charge is -2.12. The van der Waals surface area contributed by atoms with E-state index in [2.05, 4.69) is 47.6 Å². The first-order chi connectivity index (χ1) is 8.67. The lowest BCUT2D eigenvalue weighted by molar-refractivity contribution is 0.774. The predicted molar refractivity (Wildman–Crippen MR) is 81.8 cm³/mol. The number of rotatable bonds is 8. The Balaban J connectivity index is 2.69. The number of hydrogen-bond donors (Lipinski definition) is 2. The van der Waals surface area contributed by atoms with Crippen LogP contribution in [0.15, 0.2) is 6.07 Å². The summed E-state index contributed by atoms with van der Waals surface area (Å²) in [5.74, 6) is 4.24. The van der Waals surface area contributed by atoms with Crippen LogP contribution in [0.1, 0.15) is 38.9 Å². The number of nitrogens with one attached hydrogen (secondary N) is 2. The van der Waals surface area contributed by atoms with Crippen LogP contribution in [0.25, 0.3) is 0 Å². The molecule has 2 N–H and O–H groups in total. The van der Waals surface area contributed by atoms with Crippen LogP contribution in [0.3, 0.4) is 0 Å². The summed E-state index contributed by atoms with van der Waals surface area (Å²) in [6.45, 7) is 8.13. The normalized spacial score (nSPS) is 10.7. The molecule has 0 unspecified atom stereocenters. The van der Waals surface area contributed by atoms with Crippen LogP contribution in [0.2, 0.25) is 0 Å². The van der Waals surface area contributed by atoms with E-state index in [0.29, 0.717) is 5.92 Å². The molecule has 0 spiro atoms. The van der Waals surface area contributed by atoms with Crippen molar-refractivity contribution in [1.29, 1.82) is 0 Å². The van der Waals surface area contributed by atoms with Gasteiger partial charge < -0.3 is 10.6 Å². The highest BCUT2D eigenvalue weighted by molar-refractivity contribution is 7.98. The Hall–Kier alpha value is -0.970. The highest BCUT2D eigenvalue weighted by Gasteiger charge is 2.07. The van der Waals surface area contributed by atoms with Gasteiger partial charge in [-0.1, -0.05) is 13.8 Å². The molecule has 0 aromatic carbocycles. The maximum atomic E-state index is 4.54. The van der Waals surface area contributed by atoms with E-state index >= 15 is 0 Å². The van der Waals surface area contributed by atoms with Gasteiger partial charge in [-0.15, -0.1) is 0 Å². The molecule has 1 aromatic rings. The lowest BCUT2D eigenvalue weighted by Crippen LogP contribution is -2.10. The first-order valence-corrected chi connectivity index (χ1v) is 7.92. The number of aromatic nitrogens is 2. The first-order valence-electron chi connectivity index (χ1n) is 6.53. The fourth-order valence-electron chi connectivity index (χ4n) is 1.52. The summed E-state index contributed by atoms with van der Waals surface area (Å²) in [5.41, 5.74) is 0. The van der Waals surface area contributed by atoms with Crippen molar-refractivity contribution in [2.75, 3.05) is 35.7 Å². The van der Waals surface area contributed by atoms with Gasteiger partial charge in [0.05, 0.1) is 0 Å². The van der Waals surface area contributed by atoms with E-state index in [9.17, 15) is 0 Å². The average molecular weight is 268 g/mol. The fourth-order valence-corrected chi connectivity index (χ4v) is 1.95. The summed E-state index contributed by atoms with van der Waals surface area (Å²) in [5, 5.41) is 6.62. The minimum atomic E-state index is 0.343. The molecule has 4 nitrogen and oxygen atoms in total. The third-order valence-corrected chi connectivity index (χ3v) is 3.15.